The van der Waals surface area contributed by atoms with Crippen molar-refractivity contribution in [1.29, 1.82) is 0 Å². The van der Waals surface area contributed by atoms with E-state index in [0.29, 0.717) is 0 Å². The smallest absolute Gasteiger partial charge is 1.00 e. The van der Waals surface area contributed by atoms with Crippen LogP contribution in [-0.2, 0) is 18.9 Å². The average molecular weight is 390 g/mol. The van der Waals surface area contributed by atoms with E-state index in [1.165, 1.54) is 0 Å². The summed E-state index contributed by atoms with van der Waals surface area (Å²) in [6.45, 7) is 0. The van der Waals surface area contributed by atoms with Gasteiger partial charge in [0, 0.05) is 6.42 Å². The third kappa shape index (κ3) is 10.4. The van der Waals surface area contributed by atoms with Gasteiger partial charge in [0.05, 0.1) is 6.42 Å². The second kappa shape index (κ2) is 13.7. The maximum atomic E-state index is 11.1. The zero-order chi connectivity index (χ0) is 13.9. The van der Waals surface area contributed by atoms with Crippen LogP contribution in [0.5, 0.6) is 0 Å². The molecule has 0 saturated carbocycles. The van der Waals surface area contributed by atoms with E-state index in [1.54, 1.807) is 0 Å². The van der Waals surface area contributed by atoms with E-state index in [9.17, 15) is 18.9 Å². The minimum Gasteiger partial charge on any atom is -1.00 e. The molecule has 20 heavy (non-hydrogen) atoms. The summed E-state index contributed by atoms with van der Waals surface area (Å²) in [7, 11) is -5.32. The van der Waals surface area contributed by atoms with E-state index in [0.717, 1.165) is 0 Å². The molecule has 5 N–H and O–H groups in total. The van der Waals surface area contributed by atoms with Gasteiger partial charge in [-0.15, -0.1) is 0 Å². The molecular weight excluding hydrogens is 376 g/mol. The zero-order valence-electron chi connectivity index (χ0n) is 14.4. The number of carbonyl (C=O) groups is 3. The molecule has 9 nitrogen and oxygen atoms in total. The molecule has 0 aromatic rings. The second-order valence-electron chi connectivity index (χ2n) is 3.35. The Bertz CT molecular complexity index is 408. The Morgan fingerprint density at radius 1 is 0.950 bits per heavy atom. The van der Waals surface area contributed by atoms with Crippen LogP contribution < -0.4 is 154 Å². The van der Waals surface area contributed by atoms with Crippen LogP contribution in [0.2, 0.25) is 0 Å². The molecule has 0 aliphatic rings. The number of hydrogen-bond acceptors (Lipinski definition) is 4. The molecule has 0 radical (unpaired) electrons. The predicted molar refractivity (Wildman–Crippen MR) is 54.9 cm³/mol. The predicted octanol–water partition coefficient (Wildman–Crippen LogP) is -9.32. The van der Waals surface area contributed by atoms with E-state index in [1.807, 2.05) is 0 Å². The van der Waals surface area contributed by atoms with Crippen LogP contribution in [0.1, 0.15) is 23.5 Å². The van der Waals surface area contributed by atoms with Crippen LogP contribution in [0.3, 0.4) is 0 Å². The van der Waals surface area contributed by atoms with Gasteiger partial charge in [-0.25, -0.2) is 0 Å². The Kier molecular flexibility index (Phi) is 21.5. The molecule has 0 aromatic heterocycles. The maximum absolute atomic E-state index is 11.1. The van der Waals surface area contributed by atoms with E-state index in [2.05, 4.69) is 0 Å². The van der Waals surface area contributed by atoms with Crippen molar-refractivity contribution in [3.63, 3.8) is 0 Å². The molecule has 0 fully saturated rings. The Labute approximate surface area is 246 Å². The van der Waals surface area contributed by atoms with Gasteiger partial charge in [-0.1, -0.05) is 0 Å². The van der Waals surface area contributed by atoms with Gasteiger partial charge in [0.25, 0.3) is 0 Å². The Morgan fingerprint density at radius 2 is 1.35 bits per heavy atom. The van der Waals surface area contributed by atoms with E-state index < -0.39 is 49.9 Å². The van der Waals surface area contributed by atoms with Crippen LogP contribution in [0.15, 0.2) is 0 Å². The number of aliphatic carboxylic acids is 3. The molecule has 0 spiro atoms. The summed E-state index contributed by atoms with van der Waals surface area (Å²) >= 11 is 0. The third-order valence-corrected chi connectivity index (χ3v) is 3.84. The molecule has 0 rings (SSSR count). The quantitative estimate of drug-likeness (QED) is 0.209. The second-order valence-corrected chi connectivity index (χ2v) is 5.29. The SMILES string of the molecule is O=C(O)CCC(CC(=O)O)(C(=O)O)P(=O)(O)O.[H-].[H-].[H-].[K+].[K+].[K+]. The van der Waals surface area contributed by atoms with Crippen molar-refractivity contribution < 1.29 is 202 Å². The van der Waals surface area contributed by atoms with Crippen molar-refractivity contribution in [2.45, 2.75) is 24.4 Å². The summed E-state index contributed by atoms with van der Waals surface area (Å²) in [6.07, 6.45) is -3.17. The van der Waals surface area contributed by atoms with Gasteiger partial charge < -0.3 is 29.4 Å². The Hall–Kier alpha value is 3.47. The molecule has 0 aliphatic heterocycles. The molecule has 0 heterocycles. The molecule has 0 aliphatic carbocycles. The van der Waals surface area contributed by atoms with E-state index in [4.69, 9.17) is 25.1 Å². The molecule has 13 heteroatoms. The zero-order valence-corrected chi connectivity index (χ0v) is 21.7. The molecule has 0 saturated heterocycles. The van der Waals surface area contributed by atoms with E-state index in [-0.39, 0.29) is 158 Å². The van der Waals surface area contributed by atoms with Crippen molar-refractivity contribution in [1.82, 2.24) is 0 Å². The van der Waals surface area contributed by atoms with Crippen molar-refractivity contribution in [3.05, 3.63) is 0 Å². The topological polar surface area (TPSA) is 169 Å². The number of hydrogen-bond donors (Lipinski definition) is 5. The number of carboxylic acid groups (broad SMARTS) is 3. The van der Waals surface area contributed by atoms with Crippen molar-refractivity contribution in [3.8, 4) is 0 Å². The monoisotopic (exact) mass is 390 g/mol. The first-order valence-electron chi connectivity index (χ1n) is 4.25. The minimum absolute atomic E-state index is 0. The molecule has 1 atom stereocenters. The van der Waals surface area contributed by atoms with Crippen LogP contribution in [0, 0.1) is 0 Å². The van der Waals surface area contributed by atoms with Crippen molar-refractivity contribution >= 4 is 25.5 Å². The summed E-state index contributed by atoms with van der Waals surface area (Å²) in [5.41, 5.74) is 0. The van der Waals surface area contributed by atoms with Gasteiger partial charge >= 0.3 is 180 Å². The van der Waals surface area contributed by atoms with Gasteiger partial charge in [-0.3, -0.25) is 18.9 Å². The van der Waals surface area contributed by atoms with Crippen LogP contribution >= 0.6 is 7.60 Å². The minimum atomic E-state index is -5.32. The van der Waals surface area contributed by atoms with E-state index >= 15 is 0 Å². The fraction of sp³-hybridized carbons (Fsp3) is 0.571. The Balaban J connectivity index is -0.0000000853. The number of carboxylic acids is 3. The number of rotatable bonds is 7. The average Bonchev–Trinajstić information content (AvgIpc) is 2.08. The van der Waals surface area contributed by atoms with Crippen molar-refractivity contribution in [2.24, 2.45) is 0 Å². The van der Waals surface area contributed by atoms with Crippen LogP contribution in [-0.4, -0.2) is 48.2 Å². The fourth-order valence-corrected chi connectivity index (χ4v) is 2.20. The first-order valence-corrected chi connectivity index (χ1v) is 5.87. The van der Waals surface area contributed by atoms with Gasteiger partial charge in [-0.05, 0) is 6.42 Å². The molecular formula is C7H14K3O9P. The molecule has 0 amide bonds. The molecule has 0 bridgehead atoms. The van der Waals surface area contributed by atoms with Gasteiger partial charge in [0.2, 0.25) is 0 Å². The van der Waals surface area contributed by atoms with Crippen molar-refractivity contribution in [2.75, 3.05) is 0 Å². The standard InChI is InChI=1S/C7H11O9P.3K.3H/c8-4(9)1-2-7(6(12)13,3-5(10)11)17(14,15)16;;;;;;/h1-3H2,(H,8,9)(H,10,11)(H,12,13)(H2,14,15,16);;;;;;/q;3*+1;3*-1. The summed E-state index contributed by atoms with van der Waals surface area (Å²) in [5.74, 6) is -5.25. The third-order valence-electron chi connectivity index (χ3n) is 2.15. The molecule has 0 aromatic carbocycles. The summed E-state index contributed by atoms with van der Waals surface area (Å²) in [6, 6.07) is 0. The Morgan fingerprint density at radius 3 is 1.55 bits per heavy atom. The van der Waals surface area contributed by atoms with Gasteiger partial charge in [0.1, 0.15) is 0 Å². The normalized spacial score (nSPS) is 12.7. The first kappa shape index (κ1) is 31.3. The summed E-state index contributed by atoms with van der Waals surface area (Å²) < 4.78 is 11.1. The summed E-state index contributed by atoms with van der Waals surface area (Å²) in [5, 5.41) is 22.7. The van der Waals surface area contributed by atoms with Crippen LogP contribution in [0.4, 0.5) is 0 Å². The molecule has 104 valence electrons. The van der Waals surface area contributed by atoms with Gasteiger partial charge in [-0.2, -0.15) is 0 Å². The summed E-state index contributed by atoms with van der Waals surface area (Å²) in [4.78, 5) is 49.5. The van der Waals surface area contributed by atoms with Gasteiger partial charge in [0.15, 0.2) is 5.16 Å². The fourth-order valence-electron chi connectivity index (χ4n) is 1.21. The van der Waals surface area contributed by atoms with Crippen LogP contribution in [0.25, 0.3) is 0 Å². The maximum Gasteiger partial charge on any atom is 1.00 e. The largest absolute Gasteiger partial charge is 1.00 e. The first-order chi connectivity index (χ1) is 7.53. The molecule has 1 unspecified atom stereocenters.